The highest BCUT2D eigenvalue weighted by Gasteiger charge is 2.30. The van der Waals surface area contributed by atoms with Crippen LogP contribution in [0.3, 0.4) is 0 Å². The quantitative estimate of drug-likeness (QED) is 0.334. The third-order valence-corrected chi connectivity index (χ3v) is 6.32. The number of halogens is 4. The number of hydrogen-bond acceptors (Lipinski definition) is 3. The lowest BCUT2D eigenvalue weighted by Crippen LogP contribution is -2.24. The summed E-state index contributed by atoms with van der Waals surface area (Å²) < 4.78 is 40.2. The second-order valence-corrected chi connectivity index (χ2v) is 9.01. The molecule has 1 aliphatic carbocycles. The van der Waals surface area contributed by atoms with Crippen LogP contribution in [0, 0.1) is 5.92 Å². The second-order valence-electron chi connectivity index (χ2n) is 8.60. The molecule has 5 rings (SSSR count). The molecule has 2 N–H and O–H groups in total. The SMILES string of the molecule is O=C(Nc1cccc2c1cnn2-c1ccc(C(F)(F)F)cc1)c1cc(CNC(=O)C2CC2)ccc1Cl. The Morgan fingerprint density at radius 2 is 1.81 bits per heavy atom. The highest BCUT2D eigenvalue weighted by Crippen LogP contribution is 2.31. The molecule has 0 aliphatic heterocycles. The zero-order chi connectivity index (χ0) is 25.4. The van der Waals surface area contributed by atoms with Crippen LogP contribution < -0.4 is 10.6 Å². The van der Waals surface area contributed by atoms with E-state index in [2.05, 4.69) is 15.7 Å². The number of benzene rings is 3. The van der Waals surface area contributed by atoms with Crippen molar-refractivity contribution in [2.24, 2.45) is 5.92 Å². The van der Waals surface area contributed by atoms with Gasteiger partial charge in [0.05, 0.1) is 39.2 Å². The Bertz CT molecular complexity index is 1460. The zero-order valence-electron chi connectivity index (χ0n) is 18.8. The smallest absolute Gasteiger partial charge is 0.352 e. The van der Waals surface area contributed by atoms with Crippen LogP contribution in [-0.2, 0) is 17.5 Å². The molecule has 1 saturated carbocycles. The predicted octanol–water partition coefficient (Wildman–Crippen LogP) is 5.98. The van der Waals surface area contributed by atoms with Crippen molar-refractivity contribution in [3.8, 4) is 5.69 Å². The minimum absolute atomic E-state index is 0.00712. The molecule has 4 aromatic rings. The topological polar surface area (TPSA) is 76.0 Å². The number of amides is 2. The van der Waals surface area contributed by atoms with Crippen molar-refractivity contribution in [2.45, 2.75) is 25.6 Å². The maximum atomic E-state index is 13.1. The lowest BCUT2D eigenvalue weighted by molar-refractivity contribution is -0.137. The summed E-state index contributed by atoms with van der Waals surface area (Å²) >= 11 is 6.28. The highest BCUT2D eigenvalue weighted by molar-refractivity contribution is 6.34. The largest absolute Gasteiger partial charge is 0.416 e. The summed E-state index contributed by atoms with van der Waals surface area (Å²) in [7, 11) is 0. The van der Waals surface area contributed by atoms with Gasteiger partial charge in [-0.3, -0.25) is 9.59 Å². The van der Waals surface area contributed by atoms with Crippen LogP contribution in [0.5, 0.6) is 0 Å². The molecule has 2 amide bonds. The first-order valence-electron chi connectivity index (χ1n) is 11.2. The van der Waals surface area contributed by atoms with Crippen molar-refractivity contribution in [2.75, 3.05) is 5.32 Å². The van der Waals surface area contributed by atoms with Crippen molar-refractivity contribution in [1.29, 1.82) is 0 Å². The van der Waals surface area contributed by atoms with E-state index >= 15 is 0 Å². The Balaban J connectivity index is 1.37. The van der Waals surface area contributed by atoms with E-state index in [1.807, 2.05) is 0 Å². The maximum absolute atomic E-state index is 13.1. The van der Waals surface area contributed by atoms with E-state index in [1.165, 1.54) is 23.0 Å². The number of alkyl halides is 3. The van der Waals surface area contributed by atoms with Crippen LogP contribution in [0.4, 0.5) is 18.9 Å². The molecule has 10 heteroatoms. The minimum Gasteiger partial charge on any atom is -0.352 e. The first-order chi connectivity index (χ1) is 17.2. The summed E-state index contributed by atoms with van der Waals surface area (Å²) in [5.41, 5.74) is 1.77. The van der Waals surface area contributed by atoms with Crippen LogP contribution in [0.25, 0.3) is 16.6 Å². The molecule has 1 aromatic heterocycles. The van der Waals surface area contributed by atoms with Gasteiger partial charge in [0.25, 0.3) is 5.91 Å². The normalized spacial score (nSPS) is 13.6. The summed E-state index contributed by atoms with van der Waals surface area (Å²) in [4.78, 5) is 25.0. The molecule has 0 spiro atoms. The van der Waals surface area contributed by atoms with Crippen molar-refractivity contribution in [3.63, 3.8) is 0 Å². The van der Waals surface area contributed by atoms with Crippen molar-refractivity contribution >= 4 is 40.0 Å². The number of carbonyl (C=O) groups is 2. The fourth-order valence-electron chi connectivity index (χ4n) is 3.88. The second kappa shape index (κ2) is 9.31. The van der Waals surface area contributed by atoms with Gasteiger partial charge in [0.15, 0.2) is 0 Å². The van der Waals surface area contributed by atoms with Gasteiger partial charge in [0.2, 0.25) is 5.91 Å². The fraction of sp³-hybridized carbons (Fsp3) is 0.192. The van der Waals surface area contributed by atoms with E-state index in [4.69, 9.17) is 11.6 Å². The summed E-state index contributed by atoms with van der Waals surface area (Å²) in [6, 6.07) is 14.8. The zero-order valence-corrected chi connectivity index (χ0v) is 19.5. The van der Waals surface area contributed by atoms with E-state index in [9.17, 15) is 22.8 Å². The first-order valence-corrected chi connectivity index (χ1v) is 11.6. The van der Waals surface area contributed by atoms with Gasteiger partial charge in [-0.25, -0.2) is 4.68 Å². The standard InChI is InChI=1S/C26H20ClF3N4O2/c27-21-11-4-15(13-31-24(35)16-5-6-16)12-19(21)25(36)33-22-2-1-3-23-20(22)14-32-34(23)18-9-7-17(8-10-18)26(28,29)30/h1-4,7-12,14,16H,5-6,13H2,(H,31,35)(H,33,36). The molecule has 6 nitrogen and oxygen atoms in total. The molecular weight excluding hydrogens is 493 g/mol. The average Bonchev–Trinajstić information content (AvgIpc) is 3.62. The molecule has 184 valence electrons. The van der Waals surface area contributed by atoms with E-state index in [0.29, 0.717) is 28.8 Å². The third-order valence-electron chi connectivity index (χ3n) is 5.99. The highest BCUT2D eigenvalue weighted by atomic mass is 35.5. The summed E-state index contributed by atoms with van der Waals surface area (Å²) in [6.07, 6.45) is -1.08. The molecule has 0 saturated heterocycles. The molecule has 0 radical (unpaired) electrons. The van der Waals surface area contributed by atoms with Crippen LogP contribution in [0.15, 0.2) is 66.9 Å². The minimum atomic E-state index is -4.43. The van der Waals surface area contributed by atoms with Gasteiger partial charge in [-0.15, -0.1) is 0 Å². The molecule has 0 unspecified atom stereocenters. The lowest BCUT2D eigenvalue weighted by atomic mass is 10.1. The Hall–Kier alpha value is -3.85. The number of anilines is 1. The van der Waals surface area contributed by atoms with Gasteiger partial charge in [-0.05, 0) is 66.9 Å². The van der Waals surface area contributed by atoms with Gasteiger partial charge < -0.3 is 10.6 Å². The molecule has 0 atom stereocenters. The lowest BCUT2D eigenvalue weighted by Gasteiger charge is -2.11. The molecule has 1 fully saturated rings. The number of nitrogens with one attached hydrogen (secondary N) is 2. The van der Waals surface area contributed by atoms with E-state index in [0.717, 1.165) is 30.5 Å². The number of hydrogen-bond donors (Lipinski definition) is 2. The van der Waals surface area contributed by atoms with Gasteiger partial charge >= 0.3 is 6.18 Å². The Morgan fingerprint density at radius 1 is 1.06 bits per heavy atom. The molecular formula is C26H20ClF3N4O2. The predicted molar refractivity (Wildman–Crippen MR) is 130 cm³/mol. The van der Waals surface area contributed by atoms with Crippen LogP contribution in [-0.4, -0.2) is 21.6 Å². The Kier molecular flexibility index (Phi) is 6.17. The van der Waals surface area contributed by atoms with E-state index in [-0.39, 0.29) is 22.4 Å². The van der Waals surface area contributed by atoms with Crippen LogP contribution in [0.1, 0.15) is 34.3 Å². The van der Waals surface area contributed by atoms with Gasteiger partial charge in [0, 0.05) is 17.8 Å². The molecule has 3 aromatic carbocycles. The number of carbonyl (C=O) groups excluding carboxylic acids is 2. The number of nitrogens with zero attached hydrogens (tertiary/aromatic N) is 2. The van der Waals surface area contributed by atoms with E-state index in [1.54, 1.807) is 36.4 Å². The van der Waals surface area contributed by atoms with Gasteiger partial charge in [-0.1, -0.05) is 23.7 Å². The van der Waals surface area contributed by atoms with E-state index < -0.39 is 17.6 Å². The summed E-state index contributed by atoms with van der Waals surface area (Å²) in [5, 5.41) is 10.9. The van der Waals surface area contributed by atoms with Crippen molar-refractivity contribution < 1.29 is 22.8 Å². The van der Waals surface area contributed by atoms with Crippen LogP contribution >= 0.6 is 11.6 Å². The summed E-state index contributed by atoms with van der Waals surface area (Å²) in [6.45, 7) is 0.294. The number of fused-ring (bicyclic) bond motifs is 1. The average molecular weight is 513 g/mol. The number of aromatic nitrogens is 2. The molecule has 1 aliphatic rings. The first kappa shape index (κ1) is 23.9. The molecule has 0 bridgehead atoms. The Labute approximate surface area is 209 Å². The maximum Gasteiger partial charge on any atom is 0.416 e. The monoisotopic (exact) mass is 512 g/mol. The van der Waals surface area contributed by atoms with Crippen molar-refractivity contribution in [1.82, 2.24) is 15.1 Å². The number of rotatable bonds is 6. The Morgan fingerprint density at radius 3 is 2.50 bits per heavy atom. The fourth-order valence-corrected chi connectivity index (χ4v) is 4.09. The van der Waals surface area contributed by atoms with Crippen molar-refractivity contribution in [3.05, 3.63) is 88.6 Å². The van der Waals surface area contributed by atoms with Crippen LogP contribution in [0.2, 0.25) is 5.02 Å². The molecule has 36 heavy (non-hydrogen) atoms. The van der Waals surface area contributed by atoms with Gasteiger partial charge in [-0.2, -0.15) is 18.3 Å². The third kappa shape index (κ3) is 4.92. The summed E-state index contributed by atoms with van der Waals surface area (Å²) in [5.74, 6) is -0.345. The molecule has 1 heterocycles. The van der Waals surface area contributed by atoms with Gasteiger partial charge in [0.1, 0.15) is 0 Å².